The molecule has 0 aromatic carbocycles. The van der Waals surface area contributed by atoms with E-state index in [1.807, 2.05) is 6.08 Å². The Balaban J connectivity index is 1.93. The van der Waals surface area contributed by atoms with E-state index in [1.165, 1.54) is 38.5 Å². The van der Waals surface area contributed by atoms with Gasteiger partial charge in [-0.1, -0.05) is 18.9 Å². The molecule has 3 atom stereocenters. The highest BCUT2D eigenvalue weighted by molar-refractivity contribution is 4.89. The lowest BCUT2D eigenvalue weighted by Gasteiger charge is -2.38. The molecular weight excluding hydrogens is 148 g/mol. The molecule has 0 bridgehead atoms. The summed E-state index contributed by atoms with van der Waals surface area (Å²) in [5, 5.41) is 0. The van der Waals surface area contributed by atoms with Gasteiger partial charge in [0.05, 0.1) is 12.2 Å². The molecule has 0 radical (unpaired) electrons. The molecule has 0 N–H and O–H groups in total. The van der Waals surface area contributed by atoms with Crippen molar-refractivity contribution in [3.8, 4) is 0 Å². The summed E-state index contributed by atoms with van der Waals surface area (Å²) in [6, 6.07) is 0. The molecule has 0 spiro atoms. The topological polar surface area (TPSA) is 9.23 Å². The van der Waals surface area contributed by atoms with Crippen molar-refractivity contribution in [1.29, 1.82) is 0 Å². The monoisotopic (exact) mass is 166 g/mol. The maximum atomic E-state index is 5.92. The molecule has 2 rings (SSSR count). The van der Waals surface area contributed by atoms with Crippen LogP contribution in [0.25, 0.3) is 0 Å². The molecule has 0 unspecified atom stereocenters. The van der Waals surface area contributed by atoms with E-state index >= 15 is 0 Å². The largest absolute Gasteiger partial charge is 0.371 e. The molecule has 1 heterocycles. The molecule has 0 amide bonds. The van der Waals surface area contributed by atoms with E-state index in [1.54, 1.807) is 0 Å². The van der Waals surface area contributed by atoms with Crippen LogP contribution in [-0.2, 0) is 4.74 Å². The fourth-order valence-electron chi connectivity index (χ4n) is 2.53. The van der Waals surface area contributed by atoms with Gasteiger partial charge in [0.1, 0.15) is 0 Å². The second kappa shape index (κ2) is 3.61. The van der Waals surface area contributed by atoms with Crippen molar-refractivity contribution in [2.75, 3.05) is 0 Å². The standard InChI is InChI=1S/C11H18O/c1-2-10-8-7-9-5-3-4-6-11(9)12-10/h2,9-11H,1,3-8H2/t9-,10-,11+/m0/s1. The summed E-state index contributed by atoms with van der Waals surface area (Å²) >= 11 is 0. The van der Waals surface area contributed by atoms with Crippen LogP contribution in [0.5, 0.6) is 0 Å². The van der Waals surface area contributed by atoms with Crippen LogP contribution in [0.4, 0.5) is 0 Å². The van der Waals surface area contributed by atoms with Gasteiger partial charge in [-0.3, -0.25) is 0 Å². The Morgan fingerprint density at radius 1 is 1.08 bits per heavy atom. The quantitative estimate of drug-likeness (QED) is 0.544. The molecule has 1 saturated carbocycles. The maximum Gasteiger partial charge on any atom is 0.0757 e. The summed E-state index contributed by atoms with van der Waals surface area (Å²) in [5.74, 6) is 0.870. The fraction of sp³-hybridized carbons (Fsp3) is 0.818. The third-order valence-electron chi connectivity index (χ3n) is 3.27. The third kappa shape index (κ3) is 1.56. The summed E-state index contributed by atoms with van der Waals surface area (Å²) in [7, 11) is 0. The van der Waals surface area contributed by atoms with E-state index in [2.05, 4.69) is 6.58 Å². The van der Waals surface area contributed by atoms with E-state index in [4.69, 9.17) is 4.74 Å². The number of hydrogen-bond acceptors (Lipinski definition) is 1. The first-order valence-corrected chi connectivity index (χ1v) is 5.18. The second-order valence-electron chi connectivity index (χ2n) is 4.07. The first-order valence-electron chi connectivity index (χ1n) is 5.18. The molecular formula is C11H18O. The average molecular weight is 166 g/mol. The first-order chi connectivity index (χ1) is 5.90. The zero-order chi connectivity index (χ0) is 8.39. The third-order valence-corrected chi connectivity index (χ3v) is 3.27. The van der Waals surface area contributed by atoms with Gasteiger partial charge < -0.3 is 4.74 Å². The van der Waals surface area contributed by atoms with Gasteiger partial charge in [0.2, 0.25) is 0 Å². The molecule has 2 fully saturated rings. The Morgan fingerprint density at radius 2 is 1.92 bits per heavy atom. The highest BCUT2D eigenvalue weighted by atomic mass is 16.5. The van der Waals surface area contributed by atoms with Gasteiger partial charge in [-0.2, -0.15) is 0 Å². The number of hydrogen-bond donors (Lipinski definition) is 0. The lowest BCUT2D eigenvalue weighted by Crippen LogP contribution is -2.36. The van der Waals surface area contributed by atoms with E-state index in [0.29, 0.717) is 12.2 Å². The zero-order valence-corrected chi connectivity index (χ0v) is 7.67. The van der Waals surface area contributed by atoms with E-state index < -0.39 is 0 Å². The normalized spacial score (nSPS) is 41.8. The Labute approximate surface area is 74.8 Å². The zero-order valence-electron chi connectivity index (χ0n) is 7.67. The number of fused-ring (bicyclic) bond motifs is 1. The minimum absolute atomic E-state index is 0.351. The van der Waals surface area contributed by atoms with Gasteiger partial charge in [0.15, 0.2) is 0 Å². The fourth-order valence-corrected chi connectivity index (χ4v) is 2.53. The molecule has 1 saturated heterocycles. The van der Waals surface area contributed by atoms with Crippen molar-refractivity contribution in [3.63, 3.8) is 0 Å². The van der Waals surface area contributed by atoms with Crippen molar-refractivity contribution < 1.29 is 4.74 Å². The maximum absolute atomic E-state index is 5.92. The van der Waals surface area contributed by atoms with Crippen LogP contribution in [-0.4, -0.2) is 12.2 Å². The molecule has 1 aliphatic carbocycles. The number of ether oxygens (including phenoxy) is 1. The Kier molecular flexibility index (Phi) is 2.50. The summed E-state index contributed by atoms with van der Waals surface area (Å²) < 4.78 is 5.92. The predicted octanol–water partition coefficient (Wildman–Crippen LogP) is 2.91. The summed E-state index contributed by atoms with van der Waals surface area (Å²) in [6.45, 7) is 3.80. The highest BCUT2D eigenvalue weighted by Crippen LogP contribution is 2.35. The molecule has 1 heteroatoms. The van der Waals surface area contributed by atoms with Crippen molar-refractivity contribution in [2.45, 2.75) is 50.7 Å². The summed E-state index contributed by atoms with van der Waals surface area (Å²) in [6.07, 6.45) is 10.9. The van der Waals surface area contributed by atoms with E-state index in [0.717, 1.165) is 5.92 Å². The van der Waals surface area contributed by atoms with Gasteiger partial charge in [0, 0.05) is 0 Å². The molecule has 12 heavy (non-hydrogen) atoms. The van der Waals surface area contributed by atoms with Crippen LogP contribution in [0.3, 0.4) is 0 Å². The first kappa shape index (κ1) is 8.31. The summed E-state index contributed by atoms with van der Waals surface area (Å²) in [5.41, 5.74) is 0. The molecule has 2 aliphatic rings. The van der Waals surface area contributed by atoms with Gasteiger partial charge in [0.25, 0.3) is 0 Å². The summed E-state index contributed by atoms with van der Waals surface area (Å²) in [4.78, 5) is 0. The molecule has 1 nitrogen and oxygen atoms in total. The van der Waals surface area contributed by atoms with Gasteiger partial charge in [-0.25, -0.2) is 0 Å². The second-order valence-corrected chi connectivity index (χ2v) is 4.07. The molecule has 1 aliphatic heterocycles. The number of rotatable bonds is 1. The lowest BCUT2D eigenvalue weighted by molar-refractivity contribution is -0.0790. The molecule has 0 aromatic heterocycles. The van der Waals surface area contributed by atoms with Crippen molar-refractivity contribution in [1.82, 2.24) is 0 Å². The highest BCUT2D eigenvalue weighted by Gasteiger charge is 2.31. The van der Waals surface area contributed by atoms with Crippen LogP contribution in [0.1, 0.15) is 38.5 Å². The minimum atomic E-state index is 0.351. The van der Waals surface area contributed by atoms with Crippen LogP contribution < -0.4 is 0 Å². The van der Waals surface area contributed by atoms with Gasteiger partial charge >= 0.3 is 0 Å². The SMILES string of the molecule is C=C[C@H]1CC[C@@H]2CCCC[C@H]2O1. The van der Waals surface area contributed by atoms with Gasteiger partial charge in [-0.05, 0) is 31.6 Å². The van der Waals surface area contributed by atoms with Crippen molar-refractivity contribution in [3.05, 3.63) is 12.7 Å². The lowest BCUT2D eigenvalue weighted by atomic mass is 9.81. The molecule has 68 valence electrons. The Morgan fingerprint density at radius 3 is 2.75 bits per heavy atom. The predicted molar refractivity (Wildman–Crippen MR) is 50.1 cm³/mol. The average Bonchev–Trinajstić information content (AvgIpc) is 2.17. The van der Waals surface area contributed by atoms with Crippen LogP contribution in [0.2, 0.25) is 0 Å². The smallest absolute Gasteiger partial charge is 0.0757 e. The van der Waals surface area contributed by atoms with E-state index in [-0.39, 0.29) is 0 Å². The van der Waals surface area contributed by atoms with Crippen LogP contribution in [0, 0.1) is 5.92 Å². The minimum Gasteiger partial charge on any atom is -0.371 e. The molecule has 0 aromatic rings. The van der Waals surface area contributed by atoms with Crippen molar-refractivity contribution >= 4 is 0 Å². The Bertz CT molecular complexity index is 164. The van der Waals surface area contributed by atoms with E-state index in [9.17, 15) is 0 Å². The van der Waals surface area contributed by atoms with Gasteiger partial charge in [-0.15, -0.1) is 6.58 Å². The van der Waals surface area contributed by atoms with Crippen LogP contribution >= 0.6 is 0 Å². The van der Waals surface area contributed by atoms with Crippen molar-refractivity contribution in [2.24, 2.45) is 5.92 Å². The Hall–Kier alpha value is -0.300. The van der Waals surface area contributed by atoms with Crippen LogP contribution in [0.15, 0.2) is 12.7 Å².